The fourth-order valence-corrected chi connectivity index (χ4v) is 4.52. The van der Waals surface area contributed by atoms with Gasteiger partial charge in [0.2, 0.25) is 0 Å². The lowest BCUT2D eigenvalue weighted by Gasteiger charge is -2.60. The number of likely N-dealkylation sites (tertiary alicyclic amines) is 1. The zero-order chi connectivity index (χ0) is 13.4. The zero-order valence-electron chi connectivity index (χ0n) is 12.8. The molecular formula is C16H32N2. The van der Waals surface area contributed by atoms with Gasteiger partial charge in [-0.25, -0.2) is 0 Å². The van der Waals surface area contributed by atoms with Crippen molar-refractivity contribution in [1.82, 2.24) is 4.90 Å². The number of rotatable bonds is 2. The van der Waals surface area contributed by atoms with Crippen LogP contribution in [0.3, 0.4) is 0 Å². The molecule has 18 heavy (non-hydrogen) atoms. The maximum absolute atomic E-state index is 6.31. The summed E-state index contributed by atoms with van der Waals surface area (Å²) in [7, 11) is 0. The SMILES string of the molecule is CC1CCCN(C2(CN)CCCCC2(C)C)C1C. The quantitative estimate of drug-likeness (QED) is 0.816. The molecule has 0 spiro atoms. The molecule has 1 aliphatic heterocycles. The van der Waals surface area contributed by atoms with Crippen molar-refractivity contribution in [1.29, 1.82) is 0 Å². The van der Waals surface area contributed by atoms with E-state index < -0.39 is 0 Å². The van der Waals surface area contributed by atoms with E-state index >= 15 is 0 Å². The van der Waals surface area contributed by atoms with Gasteiger partial charge in [0.15, 0.2) is 0 Å². The normalized spacial score (nSPS) is 41.8. The Hall–Kier alpha value is -0.0800. The van der Waals surface area contributed by atoms with Crippen LogP contribution in [-0.4, -0.2) is 29.6 Å². The number of hydrogen-bond donors (Lipinski definition) is 1. The average Bonchev–Trinajstić information content (AvgIpc) is 2.33. The maximum Gasteiger partial charge on any atom is 0.0385 e. The van der Waals surface area contributed by atoms with Gasteiger partial charge in [0.1, 0.15) is 0 Å². The summed E-state index contributed by atoms with van der Waals surface area (Å²) in [5.74, 6) is 0.819. The average molecular weight is 252 g/mol. The van der Waals surface area contributed by atoms with Crippen LogP contribution < -0.4 is 5.73 Å². The number of piperidine rings is 1. The Labute approximate surface area is 113 Å². The summed E-state index contributed by atoms with van der Waals surface area (Å²) in [5, 5.41) is 0. The fourth-order valence-electron chi connectivity index (χ4n) is 4.52. The summed E-state index contributed by atoms with van der Waals surface area (Å²) in [5.41, 5.74) is 6.93. The van der Waals surface area contributed by atoms with Crippen LogP contribution in [0.5, 0.6) is 0 Å². The molecule has 106 valence electrons. The molecule has 2 rings (SSSR count). The van der Waals surface area contributed by atoms with Gasteiger partial charge in [-0.05, 0) is 50.5 Å². The highest BCUT2D eigenvalue weighted by molar-refractivity contribution is 5.07. The van der Waals surface area contributed by atoms with Crippen molar-refractivity contribution < 1.29 is 0 Å². The van der Waals surface area contributed by atoms with E-state index in [1.165, 1.54) is 45.1 Å². The Morgan fingerprint density at radius 1 is 1.11 bits per heavy atom. The van der Waals surface area contributed by atoms with Crippen LogP contribution in [-0.2, 0) is 0 Å². The first kappa shape index (κ1) is 14.3. The van der Waals surface area contributed by atoms with Crippen molar-refractivity contribution in [3.63, 3.8) is 0 Å². The van der Waals surface area contributed by atoms with Gasteiger partial charge in [0.25, 0.3) is 0 Å². The van der Waals surface area contributed by atoms with E-state index in [0.29, 0.717) is 11.5 Å². The molecule has 2 heteroatoms. The van der Waals surface area contributed by atoms with E-state index in [9.17, 15) is 0 Å². The lowest BCUT2D eigenvalue weighted by Crippen LogP contribution is -2.67. The highest BCUT2D eigenvalue weighted by Gasteiger charge is 2.51. The highest BCUT2D eigenvalue weighted by atomic mass is 15.3. The number of hydrogen-bond acceptors (Lipinski definition) is 2. The van der Waals surface area contributed by atoms with Gasteiger partial charge < -0.3 is 5.73 Å². The summed E-state index contributed by atoms with van der Waals surface area (Å²) in [6, 6.07) is 0.694. The number of nitrogens with zero attached hydrogens (tertiary/aromatic N) is 1. The van der Waals surface area contributed by atoms with E-state index in [0.717, 1.165) is 12.5 Å². The molecule has 1 heterocycles. The molecule has 3 atom stereocenters. The monoisotopic (exact) mass is 252 g/mol. The molecule has 0 radical (unpaired) electrons. The van der Waals surface area contributed by atoms with Crippen LogP contribution in [0.15, 0.2) is 0 Å². The van der Waals surface area contributed by atoms with Crippen LogP contribution in [0.1, 0.15) is 66.2 Å². The standard InChI is InChI=1S/C16H32N2/c1-13-8-7-11-18(14(13)2)16(12-17)10-6-5-9-15(16,3)4/h13-14H,5-12,17H2,1-4H3. The molecule has 0 aromatic carbocycles. The molecule has 0 aromatic heterocycles. The molecule has 0 bridgehead atoms. The van der Waals surface area contributed by atoms with Crippen molar-refractivity contribution in [3.05, 3.63) is 0 Å². The number of nitrogens with two attached hydrogens (primary N) is 1. The van der Waals surface area contributed by atoms with E-state index in [4.69, 9.17) is 5.73 Å². The van der Waals surface area contributed by atoms with Crippen molar-refractivity contribution in [2.45, 2.75) is 77.8 Å². The summed E-state index contributed by atoms with van der Waals surface area (Å²) in [6.45, 7) is 11.8. The van der Waals surface area contributed by atoms with Crippen LogP contribution in [0.4, 0.5) is 0 Å². The van der Waals surface area contributed by atoms with Gasteiger partial charge in [0, 0.05) is 18.1 Å². The summed E-state index contributed by atoms with van der Waals surface area (Å²) in [6.07, 6.45) is 8.11. The van der Waals surface area contributed by atoms with E-state index in [1.807, 2.05) is 0 Å². The molecule has 1 saturated heterocycles. The predicted octanol–water partition coefficient (Wildman–Crippen LogP) is 3.40. The Morgan fingerprint density at radius 3 is 2.39 bits per heavy atom. The van der Waals surface area contributed by atoms with Crippen molar-refractivity contribution in [2.75, 3.05) is 13.1 Å². The summed E-state index contributed by atoms with van der Waals surface area (Å²) in [4.78, 5) is 2.79. The van der Waals surface area contributed by atoms with Gasteiger partial charge in [-0.3, -0.25) is 4.90 Å². The third-order valence-corrected chi connectivity index (χ3v) is 6.16. The molecule has 1 saturated carbocycles. The van der Waals surface area contributed by atoms with E-state index in [2.05, 4.69) is 32.6 Å². The van der Waals surface area contributed by atoms with Gasteiger partial charge in [0.05, 0.1) is 0 Å². The van der Waals surface area contributed by atoms with Gasteiger partial charge in [-0.1, -0.05) is 33.6 Å². The van der Waals surface area contributed by atoms with E-state index in [1.54, 1.807) is 0 Å². The first-order valence-electron chi connectivity index (χ1n) is 7.91. The highest BCUT2D eigenvalue weighted by Crippen LogP contribution is 2.49. The fraction of sp³-hybridized carbons (Fsp3) is 1.00. The molecule has 0 aromatic rings. The zero-order valence-corrected chi connectivity index (χ0v) is 12.8. The molecule has 2 fully saturated rings. The van der Waals surface area contributed by atoms with Crippen molar-refractivity contribution in [3.8, 4) is 0 Å². The lowest BCUT2D eigenvalue weighted by molar-refractivity contribution is -0.0881. The van der Waals surface area contributed by atoms with E-state index in [-0.39, 0.29) is 5.54 Å². The van der Waals surface area contributed by atoms with Crippen molar-refractivity contribution >= 4 is 0 Å². The lowest BCUT2D eigenvalue weighted by atomic mass is 9.61. The third-order valence-electron chi connectivity index (χ3n) is 6.16. The molecule has 2 nitrogen and oxygen atoms in total. The van der Waals surface area contributed by atoms with Crippen LogP contribution in [0.25, 0.3) is 0 Å². The summed E-state index contributed by atoms with van der Waals surface area (Å²) < 4.78 is 0. The Kier molecular flexibility index (Phi) is 4.08. The van der Waals surface area contributed by atoms with Gasteiger partial charge in [-0.2, -0.15) is 0 Å². The van der Waals surface area contributed by atoms with Crippen LogP contribution >= 0.6 is 0 Å². The predicted molar refractivity (Wildman–Crippen MR) is 78.6 cm³/mol. The third kappa shape index (κ3) is 2.12. The first-order valence-corrected chi connectivity index (χ1v) is 7.91. The second-order valence-electron chi connectivity index (χ2n) is 7.38. The molecule has 3 unspecified atom stereocenters. The van der Waals surface area contributed by atoms with Gasteiger partial charge >= 0.3 is 0 Å². The van der Waals surface area contributed by atoms with Crippen LogP contribution in [0.2, 0.25) is 0 Å². The van der Waals surface area contributed by atoms with Crippen molar-refractivity contribution in [2.24, 2.45) is 17.1 Å². The minimum atomic E-state index is 0.249. The molecule has 0 amide bonds. The molecule has 2 aliphatic rings. The minimum absolute atomic E-state index is 0.249. The second-order valence-corrected chi connectivity index (χ2v) is 7.38. The first-order chi connectivity index (χ1) is 8.44. The Bertz CT molecular complexity index is 287. The summed E-state index contributed by atoms with van der Waals surface area (Å²) >= 11 is 0. The maximum atomic E-state index is 6.31. The Balaban J connectivity index is 2.30. The molecular weight excluding hydrogens is 220 g/mol. The van der Waals surface area contributed by atoms with Gasteiger partial charge in [-0.15, -0.1) is 0 Å². The molecule has 1 aliphatic carbocycles. The largest absolute Gasteiger partial charge is 0.329 e. The second kappa shape index (κ2) is 5.13. The van der Waals surface area contributed by atoms with Crippen LogP contribution in [0, 0.1) is 11.3 Å². The minimum Gasteiger partial charge on any atom is -0.329 e. The molecule has 2 N–H and O–H groups in total. The Morgan fingerprint density at radius 2 is 1.78 bits per heavy atom. The topological polar surface area (TPSA) is 29.3 Å². The smallest absolute Gasteiger partial charge is 0.0385 e.